The maximum Gasteiger partial charge on any atom is 0.331 e. The van der Waals surface area contributed by atoms with Gasteiger partial charge in [-0.1, -0.05) is 6.07 Å². The zero-order valence-electron chi connectivity index (χ0n) is 13.3. The Hall–Kier alpha value is -3.02. The van der Waals surface area contributed by atoms with Gasteiger partial charge in [0.05, 0.1) is 14.2 Å². The Bertz CT molecular complexity index is 755. The molecule has 0 radical (unpaired) electrons. The highest BCUT2D eigenvalue weighted by atomic mass is 19.1. The molecule has 2 aromatic rings. The summed E-state index contributed by atoms with van der Waals surface area (Å²) in [5.41, 5.74) is 1.09. The second-order valence-electron chi connectivity index (χ2n) is 4.83. The molecule has 0 heterocycles. The predicted octanol–water partition coefficient (Wildman–Crippen LogP) is 3.31. The number of carbonyl (C=O) groups excluding carboxylic acids is 1. The van der Waals surface area contributed by atoms with Gasteiger partial charge in [0.25, 0.3) is 0 Å². The Labute approximate surface area is 138 Å². The molecule has 0 aliphatic rings. The van der Waals surface area contributed by atoms with Gasteiger partial charge in [-0.05, 0) is 42.0 Å². The van der Waals surface area contributed by atoms with Crippen molar-refractivity contribution in [2.75, 3.05) is 14.2 Å². The molecular formula is C18H17FO5. The van der Waals surface area contributed by atoms with Crippen LogP contribution in [0, 0.1) is 5.82 Å². The molecule has 0 unspecified atom stereocenters. The lowest BCUT2D eigenvalue weighted by molar-refractivity contribution is -0.138. The van der Waals surface area contributed by atoms with Crippen LogP contribution in [0.1, 0.15) is 11.1 Å². The summed E-state index contributed by atoms with van der Waals surface area (Å²) in [7, 11) is 2.89. The van der Waals surface area contributed by atoms with Crippen molar-refractivity contribution in [1.82, 2.24) is 0 Å². The van der Waals surface area contributed by atoms with Gasteiger partial charge in [-0.2, -0.15) is 0 Å². The third kappa shape index (κ3) is 4.49. The Morgan fingerprint density at radius 2 is 1.88 bits per heavy atom. The molecule has 0 fully saturated rings. The molecule has 0 aliphatic heterocycles. The van der Waals surface area contributed by atoms with E-state index in [9.17, 15) is 14.3 Å². The number of carbonyl (C=O) groups is 1. The molecular weight excluding hydrogens is 315 g/mol. The Morgan fingerprint density at radius 3 is 2.58 bits per heavy atom. The normalized spacial score (nSPS) is 10.6. The van der Waals surface area contributed by atoms with Gasteiger partial charge in [0.2, 0.25) is 0 Å². The van der Waals surface area contributed by atoms with Crippen molar-refractivity contribution in [3.63, 3.8) is 0 Å². The summed E-state index contributed by atoms with van der Waals surface area (Å²) in [6, 6.07) is 8.65. The van der Waals surface area contributed by atoms with E-state index in [2.05, 4.69) is 0 Å². The summed E-state index contributed by atoms with van der Waals surface area (Å²) in [6.07, 6.45) is 2.75. The fraction of sp³-hybridized carbons (Fsp3) is 0.167. The molecule has 126 valence electrons. The van der Waals surface area contributed by atoms with Gasteiger partial charge < -0.3 is 19.3 Å². The van der Waals surface area contributed by atoms with Crippen molar-refractivity contribution >= 4 is 12.0 Å². The number of benzene rings is 2. The number of esters is 1. The van der Waals surface area contributed by atoms with E-state index in [0.29, 0.717) is 22.6 Å². The lowest BCUT2D eigenvalue weighted by atomic mass is 10.2. The Kier molecular flexibility index (Phi) is 5.78. The average molecular weight is 332 g/mol. The summed E-state index contributed by atoms with van der Waals surface area (Å²) in [5.74, 6) is -0.274. The van der Waals surface area contributed by atoms with Crippen molar-refractivity contribution in [2.24, 2.45) is 0 Å². The first kappa shape index (κ1) is 17.3. The highest BCUT2D eigenvalue weighted by Crippen LogP contribution is 2.26. The third-order valence-electron chi connectivity index (χ3n) is 3.23. The van der Waals surface area contributed by atoms with Gasteiger partial charge in [0, 0.05) is 11.6 Å². The average Bonchev–Trinajstić information content (AvgIpc) is 2.59. The number of methoxy groups -OCH3 is 2. The molecule has 0 aromatic heterocycles. The summed E-state index contributed by atoms with van der Waals surface area (Å²) in [4.78, 5) is 11.8. The van der Waals surface area contributed by atoms with E-state index in [-0.39, 0.29) is 12.4 Å². The molecule has 2 rings (SSSR count). The van der Waals surface area contributed by atoms with Crippen molar-refractivity contribution in [3.05, 3.63) is 59.4 Å². The Morgan fingerprint density at radius 1 is 1.12 bits per heavy atom. The minimum atomic E-state index is -0.589. The number of aromatic hydroxyl groups is 1. The first-order valence-corrected chi connectivity index (χ1v) is 7.07. The molecule has 5 nitrogen and oxygen atoms in total. The van der Waals surface area contributed by atoms with E-state index in [1.165, 1.54) is 50.6 Å². The van der Waals surface area contributed by atoms with Crippen molar-refractivity contribution in [3.8, 4) is 17.2 Å². The number of hydrogen-bond acceptors (Lipinski definition) is 5. The fourth-order valence-corrected chi connectivity index (χ4v) is 2.02. The maximum absolute atomic E-state index is 13.2. The lowest BCUT2D eigenvalue weighted by Gasteiger charge is -2.08. The lowest BCUT2D eigenvalue weighted by Crippen LogP contribution is -2.02. The number of phenolic OH excluding ortho intramolecular Hbond substituents is 1. The van der Waals surface area contributed by atoms with E-state index in [4.69, 9.17) is 14.2 Å². The summed E-state index contributed by atoms with van der Waals surface area (Å²) < 4.78 is 28.4. The number of rotatable bonds is 6. The van der Waals surface area contributed by atoms with Crippen LogP contribution in [0.2, 0.25) is 0 Å². The molecule has 6 heteroatoms. The molecule has 1 N–H and O–H groups in total. The zero-order valence-corrected chi connectivity index (χ0v) is 13.3. The molecule has 2 aromatic carbocycles. The predicted molar refractivity (Wildman–Crippen MR) is 86.4 cm³/mol. The van der Waals surface area contributed by atoms with Crippen LogP contribution in [0.25, 0.3) is 6.08 Å². The van der Waals surface area contributed by atoms with E-state index in [0.717, 1.165) is 0 Å². The molecule has 0 amide bonds. The third-order valence-corrected chi connectivity index (χ3v) is 3.23. The van der Waals surface area contributed by atoms with Crippen LogP contribution in [0.15, 0.2) is 42.5 Å². The topological polar surface area (TPSA) is 65.0 Å². The highest BCUT2D eigenvalue weighted by Gasteiger charge is 2.07. The van der Waals surface area contributed by atoms with Crippen LogP contribution in [-0.2, 0) is 16.1 Å². The highest BCUT2D eigenvalue weighted by molar-refractivity contribution is 5.87. The van der Waals surface area contributed by atoms with Gasteiger partial charge in [-0.25, -0.2) is 9.18 Å². The van der Waals surface area contributed by atoms with Crippen LogP contribution in [0.4, 0.5) is 4.39 Å². The second-order valence-corrected chi connectivity index (χ2v) is 4.83. The van der Waals surface area contributed by atoms with Crippen LogP contribution in [0.5, 0.6) is 17.2 Å². The zero-order chi connectivity index (χ0) is 17.5. The molecule has 24 heavy (non-hydrogen) atoms. The summed E-state index contributed by atoms with van der Waals surface area (Å²) in [5, 5.41) is 9.51. The largest absolute Gasteiger partial charge is 0.504 e. The minimum absolute atomic E-state index is 0.00965. The quantitative estimate of drug-likeness (QED) is 0.649. The van der Waals surface area contributed by atoms with Crippen molar-refractivity contribution in [2.45, 2.75) is 6.61 Å². The minimum Gasteiger partial charge on any atom is -0.504 e. The molecule has 0 aliphatic carbocycles. The van der Waals surface area contributed by atoms with Crippen LogP contribution >= 0.6 is 0 Å². The summed E-state index contributed by atoms with van der Waals surface area (Å²) >= 11 is 0. The van der Waals surface area contributed by atoms with E-state index in [1.54, 1.807) is 12.1 Å². The van der Waals surface area contributed by atoms with E-state index >= 15 is 0 Å². The van der Waals surface area contributed by atoms with Crippen LogP contribution in [0.3, 0.4) is 0 Å². The smallest absolute Gasteiger partial charge is 0.331 e. The van der Waals surface area contributed by atoms with Gasteiger partial charge >= 0.3 is 5.97 Å². The monoisotopic (exact) mass is 332 g/mol. The number of halogens is 1. The number of ether oxygens (including phenoxy) is 3. The molecule has 0 saturated heterocycles. The SMILES string of the molecule is COc1cc(/C=C/C(=O)OCc2cc(F)ccc2OC)ccc1O. The summed E-state index contributed by atoms with van der Waals surface area (Å²) in [6.45, 7) is -0.108. The molecule has 0 saturated carbocycles. The Balaban J connectivity index is 2.00. The first-order chi connectivity index (χ1) is 11.5. The van der Waals surface area contributed by atoms with Gasteiger partial charge in [-0.3, -0.25) is 0 Å². The standard InChI is InChI=1S/C18H17FO5/c1-22-16-7-5-14(19)10-13(16)11-24-18(21)8-4-12-3-6-15(20)17(9-12)23-2/h3-10,20H,11H2,1-2H3/b8-4+. The second kappa shape index (κ2) is 8.01. The molecule has 0 atom stereocenters. The first-order valence-electron chi connectivity index (χ1n) is 7.07. The van der Waals surface area contributed by atoms with Gasteiger partial charge in [0.15, 0.2) is 11.5 Å². The fourth-order valence-electron chi connectivity index (χ4n) is 2.02. The van der Waals surface area contributed by atoms with E-state index < -0.39 is 11.8 Å². The molecule has 0 spiro atoms. The van der Waals surface area contributed by atoms with Crippen molar-refractivity contribution < 1.29 is 28.5 Å². The van der Waals surface area contributed by atoms with Gasteiger partial charge in [-0.15, -0.1) is 0 Å². The van der Waals surface area contributed by atoms with Crippen LogP contribution in [-0.4, -0.2) is 25.3 Å². The van der Waals surface area contributed by atoms with E-state index in [1.807, 2.05) is 0 Å². The van der Waals surface area contributed by atoms with Crippen LogP contribution < -0.4 is 9.47 Å². The molecule has 0 bridgehead atoms. The van der Waals surface area contributed by atoms with Gasteiger partial charge in [0.1, 0.15) is 18.2 Å². The number of hydrogen-bond donors (Lipinski definition) is 1. The number of phenols is 1. The van der Waals surface area contributed by atoms with Crippen molar-refractivity contribution in [1.29, 1.82) is 0 Å². The maximum atomic E-state index is 13.2.